The Morgan fingerprint density at radius 1 is 1.13 bits per heavy atom. The molecule has 8 nitrogen and oxygen atoms in total. The normalized spacial score (nSPS) is 22.9. The van der Waals surface area contributed by atoms with E-state index in [9.17, 15) is 18.3 Å². The number of aliphatic hydroxyl groups is 1. The van der Waals surface area contributed by atoms with Crippen LogP contribution in [0.5, 0.6) is 0 Å². The number of aromatic nitrogens is 1. The van der Waals surface area contributed by atoms with Crippen molar-refractivity contribution >= 4 is 15.9 Å². The van der Waals surface area contributed by atoms with Gasteiger partial charge in [-0.2, -0.15) is 4.31 Å². The number of piperidine rings is 1. The van der Waals surface area contributed by atoms with Crippen molar-refractivity contribution in [3.8, 4) is 0 Å². The number of hydrogen-bond donors (Lipinski definition) is 1. The van der Waals surface area contributed by atoms with Crippen LogP contribution in [0.3, 0.4) is 0 Å². The molecule has 1 aromatic carbocycles. The van der Waals surface area contributed by atoms with Crippen LogP contribution in [0.25, 0.3) is 0 Å². The lowest BCUT2D eigenvalue weighted by Crippen LogP contribution is -2.51. The van der Waals surface area contributed by atoms with Gasteiger partial charge in [0.25, 0.3) is 10.0 Å². The van der Waals surface area contributed by atoms with Crippen LogP contribution in [0, 0.1) is 5.92 Å². The number of ether oxygens (including phenoxy) is 1. The SMILES string of the molecule is O=C([C@H]1C[C@@H](c2ccccc2)CN(S(=O)(=O)c2cc(CO)ccn2)C1)N1CCOCC1. The molecule has 2 aliphatic rings. The quantitative estimate of drug-likeness (QED) is 0.743. The lowest BCUT2D eigenvalue weighted by molar-refractivity contribution is -0.141. The van der Waals surface area contributed by atoms with E-state index in [0.29, 0.717) is 38.3 Å². The van der Waals surface area contributed by atoms with E-state index in [2.05, 4.69) is 4.98 Å². The molecule has 0 aliphatic carbocycles. The largest absolute Gasteiger partial charge is 0.392 e. The maximum absolute atomic E-state index is 13.4. The molecule has 1 amide bonds. The van der Waals surface area contributed by atoms with Crippen molar-refractivity contribution in [3.63, 3.8) is 0 Å². The number of carbonyl (C=O) groups is 1. The lowest BCUT2D eigenvalue weighted by Gasteiger charge is -2.39. The summed E-state index contributed by atoms with van der Waals surface area (Å²) in [5.74, 6) is -0.560. The number of morpholine rings is 1. The van der Waals surface area contributed by atoms with Gasteiger partial charge in [-0.1, -0.05) is 30.3 Å². The summed E-state index contributed by atoms with van der Waals surface area (Å²) in [6, 6.07) is 12.7. The van der Waals surface area contributed by atoms with Gasteiger partial charge in [-0.05, 0) is 35.6 Å². The van der Waals surface area contributed by atoms with Gasteiger partial charge in [0, 0.05) is 32.4 Å². The Labute approximate surface area is 182 Å². The molecule has 0 radical (unpaired) electrons. The summed E-state index contributed by atoms with van der Waals surface area (Å²) >= 11 is 0. The fourth-order valence-electron chi connectivity index (χ4n) is 4.26. The summed E-state index contributed by atoms with van der Waals surface area (Å²) in [7, 11) is -3.92. The third kappa shape index (κ3) is 4.79. The molecule has 2 aromatic rings. The first-order chi connectivity index (χ1) is 15.0. The Hall–Kier alpha value is -2.33. The van der Waals surface area contributed by atoms with E-state index in [0.717, 1.165) is 5.56 Å². The molecule has 9 heteroatoms. The smallest absolute Gasteiger partial charge is 0.260 e. The van der Waals surface area contributed by atoms with E-state index in [1.165, 1.54) is 16.6 Å². The Kier molecular flexibility index (Phi) is 6.66. The molecule has 1 N–H and O–H groups in total. The Bertz CT molecular complexity index is 1010. The number of carbonyl (C=O) groups excluding carboxylic acids is 1. The molecular weight excluding hydrogens is 418 g/mol. The second-order valence-corrected chi connectivity index (χ2v) is 9.85. The highest BCUT2D eigenvalue weighted by Crippen LogP contribution is 2.34. The van der Waals surface area contributed by atoms with Crippen molar-refractivity contribution in [3.05, 3.63) is 59.8 Å². The zero-order valence-corrected chi connectivity index (χ0v) is 18.1. The Morgan fingerprint density at radius 3 is 2.58 bits per heavy atom. The fourth-order valence-corrected chi connectivity index (χ4v) is 5.78. The number of amides is 1. The highest BCUT2D eigenvalue weighted by Gasteiger charge is 2.40. The van der Waals surface area contributed by atoms with Crippen LogP contribution in [-0.2, 0) is 26.2 Å². The van der Waals surface area contributed by atoms with Gasteiger partial charge in [0.05, 0.1) is 25.7 Å². The monoisotopic (exact) mass is 445 g/mol. The van der Waals surface area contributed by atoms with Crippen molar-refractivity contribution in [2.75, 3.05) is 39.4 Å². The molecule has 0 unspecified atom stereocenters. The van der Waals surface area contributed by atoms with Crippen LogP contribution in [0.15, 0.2) is 53.7 Å². The van der Waals surface area contributed by atoms with Crippen LogP contribution in [-0.4, -0.2) is 73.0 Å². The summed E-state index contributed by atoms with van der Waals surface area (Å²) in [6.45, 7) is 2.18. The molecule has 0 bridgehead atoms. The summed E-state index contributed by atoms with van der Waals surface area (Å²) in [5, 5.41) is 9.29. The molecule has 1 aromatic heterocycles. The average molecular weight is 446 g/mol. The molecule has 2 aliphatic heterocycles. The summed E-state index contributed by atoms with van der Waals surface area (Å²) in [6.07, 6.45) is 1.98. The number of aliphatic hydroxyl groups excluding tert-OH is 1. The number of benzene rings is 1. The maximum Gasteiger partial charge on any atom is 0.260 e. The topological polar surface area (TPSA) is 100 Å². The van der Waals surface area contributed by atoms with Crippen molar-refractivity contribution < 1.29 is 23.1 Å². The average Bonchev–Trinajstić information content (AvgIpc) is 2.84. The lowest BCUT2D eigenvalue weighted by atomic mass is 9.85. The highest BCUT2D eigenvalue weighted by molar-refractivity contribution is 7.89. The number of hydrogen-bond acceptors (Lipinski definition) is 6. The van der Waals surface area contributed by atoms with Crippen LogP contribution in [0.4, 0.5) is 0 Å². The molecule has 166 valence electrons. The van der Waals surface area contributed by atoms with E-state index < -0.39 is 15.9 Å². The standard InChI is InChI=1S/C22H27N3O5S/c26-16-17-6-7-23-21(12-17)31(28,29)25-14-19(18-4-2-1-3-5-18)13-20(15-25)22(27)24-8-10-30-11-9-24/h1-7,12,19-20,26H,8-11,13-16H2/t19-,20+/m1/s1. The third-order valence-corrected chi connectivity index (χ3v) is 7.68. The maximum atomic E-state index is 13.4. The van der Waals surface area contributed by atoms with E-state index >= 15 is 0 Å². The van der Waals surface area contributed by atoms with Gasteiger partial charge in [0.15, 0.2) is 5.03 Å². The minimum Gasteiger partial charge on any atom is -0.392 e. The summed E-state index contributed by atoms with van der Waals surface area (Å²) in [5.41, 5.74) is 1.49. The first-order valence-corrected chi connectivity index (χ1v) is 11.9. The van der Waals surface area contributed by atoms with Crippen LogP contribution < -0.4 is 0 Å². The van der Waals surface area contributed by atoms with Crippen molar-refractivity contribution in [2.45, 2.75) is 24.0 Å². The van der Waals surface area contributed by atoms with Crippen molar-refractivity contribution in [1.29, 1.82) is 0 Å². The van der Waals surface area contributed by atoms with Gasteiger partial charge < -0.3 is 14.7 Å². The second-order valence-electron chi connectivity index (χ2n) is 7.96. The number of nitrogens with zero attached hydrogens (tertiary/aromatic N) is 3. The molecule has 0 spiro atoms. The summed E-state index contributed by atoms with van der Waals surface area (Å²) in [4.78, 5) is 19.1. The zero-order valence-electron chi connectivity index (χ0n) is 17.3. The van der Waals surface area contributed by atoms with Gasteiger partial charge in [-0.3, -0.25) is 4.79 Å². The molecule has 3 heterocycles. The zero-order chi connectivity index (χ0) is 21.8. The minimum atomic E-state index is -3.92. The number of rotatable bonds is 5. The number of sulfonamides is 1. The van der Waals surface area contributed by atoms with Crippen molar-refractivity contribution in [1.82, 2.24) is 14.2 Å². The fraction of sp³-hybridized carbons (Fsp3) is 0.455. The van der Waals surface area contributed by atoms with E-state index in [4.69, 9.17) is 4.74 Å². The van der Waals surface area contributed by atoms with Gasteiger partial charge in [0.1, 0.15) is 0 Å². The predicted octanol–water partition coefficient (Wildman–Crippen LogP) is 1.23. The number of pyridine rings is 1. The molecule has 4 rings (SSSR count). The van der Waals surface area contributed by atoms with E-state index in [1.54, 1.807) is 11.0 Å². The molecule has 2 atom stereocenters. The van der Waals surface area contributed by atoms with Gasteiger partial charge in [-0.25, -0.2) is 13.4 Å². The molecule has 0 saturated carbocycles. The molecular formula is C22H27N3O5S. The van der Waals surface area contributed by atoms with Gasteiger partial charge >= 0.3 is 0 Å². The second kappa shape index (κ2) is 9.44. The van der Waals surface area contributed by atoms with E-state index in [-0.39, 0.29) is 36.5 Å². The summed E-state index contributed by atoms with van der Waals surface area (Å²) < 4.78 is 33.6. The first-order valence-electron chi connectivity index (χ1n) is 10.5. The van der Waals surface area contributed by atoms with Crippen LogP contribution >= 0.6 is 0 Å². The Morgan fingerprint density at radius 2 is 1.87 bits per heavy atom. The molecule has 2 fully saturated rings. The van der Waals surface area contributed by atoms with Gasteiger partial charge in [0.2, 0.25) is 5.91 Å². The third-order valence-electron chi connectivity index (χ3n) is 5.95. The highest BCUT2D eigenvalue weighted by atomic mass is 32.2. The van der Waals surface area contributed by atoms with Gasteiger partial charge in [-0.15, -0.1) is 0 Å². The Balaban J connectivity index is 1.64. The van der Waals surface area contributed by atoms with E-state index in [1.807, 2.05) is 30.3 Å². The molecule has 31 heavy (non-hydrogen) atoms. The first kappa shape index (κ1) is 21.9. The van der Waals surface area contributed by atoms with Crippen LogP contribution in [0.1, 0.15) is 23.5 Å². The minimum absolute atomic E-state index is 0.0267. The van der Waals surface area contributed by atoms with Crippen LogP contribution in [0.2, 0.25) is 0 Å². The predicted molar refractivity (Wildman–Crippen MR) is 114 cm³/mol. The molecule has 2 saturated heterocycles. The van der Waals surface area contributed by atoms with Crippen molar-refractivity contribution in [2.24, 2.45) is 5.92 Å².